The molecule has 1 aromatic heterocycles. The lowest BCUT2D eigenvalue weighted by molar-refractivity contribution is 0.414. The average Bonchev–Trinajstić information content (AvgIpc) is 2.73. The molecule has 0 N–H and O–H groups in total. The number of hydrogen-bond donors (Lipinski definition) is 0. The Morgan fingerprint density at radius 1 is 0.750 bits per heavy atom. The maximum absolute atomic E-state index is 13.0. The van der Waals surface area contributed by atoms with Crippen LogP contribution in [0.2, 0.25) is 5.02 Å². The number of ether oxygens (including phenoxy) is 2. The van der Waals surface area contributed by atoms with E-state index in [-0.39, 0.29) is 0 Å². The van der Waals surface area contributed by atoms with Crippen LogP contribution in [0.25, 0.3) is 33.2 Å². The number of benzene rings is 3. The summed E-state index contributed by atoms with van der Waals surface area (Å²) in [5, 5.41) is 1.42. The number of hydrogen-bond acceptors (Lipinski definition) is 4. The fourth-order valence-electron chi connectivity index (χ4n) is 3.24. The SMILES string of the molecule is COc1ccc(-c2c(-c3ccc(Cl)cc3)c(=O)oc3cc(OC)ccc23)cc1. The summed E-state index contributed by atoms with van der Waals surface area (Å²) in [5.74, 6) is 1.36. The van der Waals surface area contributed by atoms with Crippen LogP contribution < -0.4 is 15.1 Å². The van der Waals surface area contributed by atoms with Gasteiger partial charge in [0.25, 0.3) is 0 Å². The fourth-order valence-corrected chi connectivity index (χ4v) is 3.37. The third-order valence-corrected chi connectivity index (χ3v) is 4.88. The van der Waals surface area contributed by atoms with Crippen LogP contribution in [0.4, 0.5) is 0 Å². The van der Waals surface area contributed by atoms with Crippen molar-refractivity contribution in [2.75, 3.05) is 14.2 Å². The number of halogens is 1. The van der Waals surface area contributed by atoms with Gasteiger partial charge in [-0.1, -0.05) is 35.9 Å². The zero-order valence-corrected chi connectivity index (χ0v) is 16.1. The predicted octanol–water partition coefficient (Wildman–Crippen LogP) is 5.80. The lowest BCUT2D eigenvalue weighted by Crippen LogP contribution is -2.06. The second-order valence-electron chi connectivity index (χ2n) is 6.24. The van der Waals surface area contributed by atoms with E-state index in [0.717, 1.165) is 27.8 Å². The van der Waals surface area contributed by atoms with Crippen molar-refractivity contribution in [3.8, 4) is 33.8 Å². The Morgan fingerprint density at radius 2 is 1.32 bits per heavy atom. The van der Waals surface area contributed by atoms with Gasteiger partial charge in [-0.15, -0.1) is 0 Å². The van der Waals surface area contributed by atoms with Crippen molar-refractivity contribution in [1.82, 2.24) is 0 Å². The summed E-state index contributed by atoms with van der Waals surface area (Å²) in [4.78, 5) is 13.0. The van der Waals surface area contributed by atoms with Crippen molar-refractivity contribution < 1.29 is 13.9 Å². The van der Waals surface area contributed by atoms with Gasteiger partial charge in [-0.3, -0.25) is 0 Å². The normalized spacial score (nSPS) is 10.8. The molecular formula is C23H17ClO4. The largest absolute Gasteiger partial charge is 0.497 e. The third kappa shape index (κ3) is 3.23. The van der Waals surface area contributed by atoms with E-state index in [1.165, 1.54) is 0 Å². The molecule has 0 unspecified atom stereocenters. The highest BCUT2D eigenvalue weighted by atomic mass is 35.5. The van der Waals surface area contributed by atoms with E-state index in [0.29, 0.717) is 21.9 Å². The van der Waals surface area contributed by atoms with Crippen LogP contribution in [0.3, 0.4) is 0 Å². The number of methoxy groups -OCH3 is 2. The maximum Gasteiger partial charge on any atom is 0.344 e. The Labute approximate surface area is 166 Å². The first-order valence-electron chi connectivity index (χ1n) is 8.66. The van der Waals surface area contributed by atoms with Crippen molar-refractivity contribution in [3.05, 3.63) is 82.2 Å². The Balaban J connectivity index is 2.07. The molecule has 0 aliphatic rings. The molecule has 1 heterocycles. The summed E-state index contributed by atoms with van der Waals surface area (Å²) < 4.78 is 16.2. The van der Waals surface area contributed by atoms with Gasteiger partial charge in [0.15, 0.2) is 0 Å². The minimum atomic E-state index is -0.422. The standard InChI is InChI=1S/C23H17ClO4/c1-26-17-9-5-14(6-10-17)21-19-12-11-18(27-2)13-20(19)28-23(25)22(21)15-3-7-16(24)8-4-15/h3-13H,1-2H3. The fraction of sp³-hybridized carbons (Fsp3) is 0.0870. The van der Waals surface area contributed by atoms with Gasteiger partial charge >= 0.3 is 5.63 Å². The zero-order valence-electron chi connectivity index (χ0n) is 15.4. The first-order chi connectivity index (χ1) is 13.6. The van der Waals surface area contributed by atoms with E-state index in [4.69, 9.17) is 25.5 Å². The molecule has 4 aromatic rings. The molecule has 28 heavy (non-hydrogen) atoms. The minimum absolute atomic E-state index is 0.422. The topological polar surface area (TPSA) is 48.7 Å². The molecule has 4 nitrogen and oxygen atoms in total. The van der Waals surface area contributed by atoms with E-state index in [1.807, 2.05) is 48.5 Å². The highest BCUT2D eigenvalue weighted by Gasteiger charge is 2.18. The molecule has 140 valence electrons. The molecule has 0 saturated carbocycles. The quantitative estimate of drug-likeness (QED) is 0.412. The van der Waals surface area contributed by atoms with Crippen LogP contribution in [0.15, 0.2) is 75.9 Å². The van der Waals surface area contributed by atoms with Gasteiger partial charge in [0, 0.05) is 22.0 Å². The lowest BCUT2D eigenvalue weighted by Gasteiger charge is -2.13. The van der Waals surface area contributed by atoms with Crippen molar-refractivity contribution in [1.29, 1.82) is 0 Å². The van der Waals surface area contributed by atoms with E-state index >= 15 is 0 Å². The minimum Gasteiger partial charge on any atom is -0.497 e. The predicted molar refractivity (Wildman–Crippen MR) is 111 cm³/mol. The molecule has 4 rings (SSSR count). The monoisotopic (exact) mass is 392 g/mol. The van der Waals surface area contributed by atoms with E-state index in [2.05, 4.69) is 0 Å². The molecule has 0 aliphatic carbocycles. The summed E-state index contributed by atoms with van der Waals surface area (Å²) in [6, 6.07) is 20.2. The van der Waals surface area contributed by atoms with Crippen molar-refractivity contribution in [3.63, 3.8) is 0 Å². The average molecular weight is 393 g/mol. The molecule has 0 radical (unpaired) electrons. The van der Waals surface area contributed by atoms with Crippen LogP contribution in [-0.4, -0.2) is 14.2 Å². The molecule has 0 spiro atoms. The highest BCUT2D eigenvalue weighted by Crippen LogP contribution is 2.37. The van der Waals surface area contributed by atoms with Gasteiger partial charge in [0.2, 0.25) is 0 Å². The number of rotatable bonds is 4. The Bertz CT molecular complexity index is 1190. The second kappa shape index (κ2) is 7.41. The molecule has 3 aromatic carbocycles. The van der Waals surface area contributed by atoms with Crippen LogP contribution in [0.5, 0.6) is 11.5 Å². The van der Waals surface area contributed by atoms with Gasteiger partial charge in [0.1, 0.15) is 17.1 Å². The van der Waals surface area contributed by atoms with Crippen LogP contribution in [-0.2, 0) is 0 Å². The summed E-state index contributed by atoms with van der Waals surface area (Å²) in [6.45, 7) is 0. The molecule has 0 aliphatic heterocycles. The molecule has 0 bridgehead atoms. The maximum atomic E-state index is 13.0. The summed E-state index contributed by atoms with van der Waals surface area (Å²) in [5.41, 5.74) is 2.94. The van der Waals surface area contributed by atoms with E-state index < -0.39 is 5.63 Å². The van der Waals surface area contributed by atoms with Gasteiger partial charge in [-0.2, -0.15) is 0 Å². The van der Waals surface area contributed by atoms with Crippen LogP contribution in [0.1, 0.15) is 0 Å². The molecule has 5 heteroatoms. The van der Waals surface area contributed by atoms with Gasteiger partial charge < -0.3 is 13.9 Å². The molecular weight excluding hydrogens is 376 g/mol. The Morgan fingerprint density at radius 3 is 1.96 bits per heavy atom. The molecule has 0 saturated heterocycles. The van der Waals surface area contributed by atoms with Crippen LogP contribution in [0, 0.1) is 0 Å². The Hall–Kier alpha value is -3.24. The smallest absolute Gasteiger partial charge is 0.344 e. The second-order valence-corrected chi connectivity index (χ2v) is 6.67. The highest BCUT2D eigenvalue weighted by molar-refractivity contribution is 6.30. The van der Waals surface area contributed by atoms with Crippen molar-refractivity contribution in [2.45, 2.75) is 0 Å². The summed E-state index contributed by atoms with van der Waals surface area (Å²) in [6.07, 6.45) is 0. The van der Waals surface area contributed by atoms with Gasteiger partial charge in [0.05, 0.1) is 19.8 Å². The lowest BCUT2D eigenvalue weighted by atomic mass is 9.93. The van der Waals surface area contributed by atoms with E-state index in [1.54, 1.807) is 32.4 Å². The van der Waals surface area contributed by atoms with Crippen molar-refractivity contribution in [2.24, 2.45) is 0 Å². The van der Waals surface area contributed by atoms with Crippen molar-refractivity contribution >= 4 is 22.6 Å². The molecule has 0 atom stereocenters. The summed E-state index contributed by atoms with van der Waals surface area (Å²) in [7, 11) is 3.19. The summed E-state index contributed by atoms with van der Waals surface area (Å²) >= 11 is 6.03. The first-order valence-corrected chi connectivity index (χ1v) is 9.03. The van der Waals surface area contributed by atoms with Crippen LogP contribution >= 0.6 is 11.6 Å². The number of fused-ring (bicyclic) bond motifs is 1. The van der Waals surface area contributed by atoms with E-state index in [9.17, 15) is 4.79 Å². The van der Waals surface area contributed by atoms with Gasteiger partial charge in [-0.25, -0.2) is 4.79 Å². The third-order valence-electron chi connectivity index (χ3n) is 4.63. The zero-order chi connectivity index (χ0) is 19.7. The first kappa shape index (κ1) is 18.1. The molecule has 0 fully saturated rings. The Kier molecular flexibility index (Phi) is 4.80. The molecule has 0 amide bonds. The van der Waals surface area contributed by atoms with Gasteiger partial charge in [-0.05, 0) is 47.5 Å².